The normalized spacial score (nSPS) is 12.5. The van der Waals surface area contributed by atoms with Crippen molar-refractivity contribution in [2.24, 2.45) is 0 Å². The first kappa shape index (κ1) is 29.3. The van der Waals surface area contributed by atoms with E-state index in [-0.39, 0.29) is 10.8 Å². The number of hydrogen-bond donors (Lipinski definition) is 0. The van der Waals surface area contributed by atoms with E-state index in [4.69, 9.17) is 0 Å². The van der Waals surface area contributed by atoms with Crippen LogP contribution in [0.5, 0.6) is 0 Å². The van der Waals surface area contributed by atoms with Crippen LogP contribution in [-0.4, -0.2) is 0 Å². The minimum atomic E-state index is 0.143. The summed E-state index contributed by atoms with van der Waals surface area (Å²) in [5, 5.41) is 10.0. The van der Waals surface area contributed by atoms with Crippen LogP contribution in [0.25, 0.3) is 65.3 Å². The highest BCUT2D eigenvalue weighted by Gasteiger charge is 2.18. The summed E-state index contributed by atoms with van der Waals surface area (Å²) in [6.07, 6.45) is 0. The fraction of sp³-hybridized carbons (Fsp3) is 0.190. The Kier molecular flexibility index (Phi) is 7.03. The zero-order chi connectivity index (χ0) is 31.0. The van der Waals surface area contributed by atoms with Crippen LogP contribution in [0.1, 0.15) is 52.7 Å². The maximum Gasteiger partial charge on any atom is 0.0402 e. The Morgan fingerprint density at radius 1 is 0.364 bits per heavy atom. The van der Waals surface area contributed by atoms with Crippen molar-refractivity contribution in [3.05, 3.63) is 129 Å². The quantitative estimate of drug-likeness (QED) is 0.158. The molecule has 0 heterocycles. The van der Waals surface area contributed by atoms with Crippen LogP contribution in [0.15, 0.2) is 118 Å². The van der Waals surface area contributed by atoms with E-state index in [1.807, 2.05) is 0 Å². The Morgan fingerprint density at radius 2 is 0.682 bits per heavy atom. The Hall–Kier alpha value is -3.46. The molecule has 44 heavy (non-hydrogen) atoms. The second-order valence-corrected chi connectivity index (χ2v) is 15.7. The molecule has 0 aliphatic heterocycles. The van der Waals surface area contributed by atoms with Crippen LogP contribution in [0.2, 0.25) is 0 Å². The molecule has 0 saturated carbocycles. The second-order valence-electron chi connectivity index (χ2n) is 14.1. The van der Waals surface area contributed by atoms with Crippen LogP contribution in [0, 0.1) is 0 Å². The zero-order valence-corrected chi connectivity index (χ0v) is 29.3. The molecular formula is C42H36Br2. The third kappa shape index (κ3) is 4.97. The van der Waals surface area contributed by atoms with Crippen molar-refractivity contribution in [3.8, 4) is 22.3 Å². The number of rotatable bonds is 2. The molecule has 7 rings (SSSR count). The summed E-state index contributed by atoms with van der Waals surface area (Å²) in [6.45, 7) is 13.6. The van der Waals surface area contributed by atoms with Crippen molar-refractivity contribution in [1.82, 2.24) is 0 Å². The van der Waals surface area contributed by atoms with Gasteiger partial charge in [-0.2, -0.15) is 0 Å². The molecule has 7 aromatic rings. The van der Waals surface area contributed by atoms with Crippen LogP contribution in [-0.2, 0) is 10.8 Å². The molecule has 0 fully saturated rings. The molecule has 0 aliphatic rings. The van der Waals surface area contributed by atoms with Gasteiger partial charge in [0, 0.05) is 8.95 Å². The molecule has 0 aromatic heterocycles. The van der Waals surface area contributed by atoms with Gasteiger partial charge >= 0.3 is 0 Å². The predicted octanol–water partition coefficient (Wildman–Crippen LogP) is 13.8. The van der Waals surface area contributed by atoms with Gasteiger partial charge in [-0.15, -0.1) is 0 Å². The monoisotopic (exact) mass is 698 g/mol. The fourth-order valence-electron chi connectivity index (χ4n) is 6.49. The van der Waals surface area contributed by atoms with Gasteiger partial charge < -0.3 is 0 Å². The average molecular weight is 701 g/mol. The van der Waals surface area contributed by atoms with Crippen molar-refractivity contribution in [1.29, 1.82) is 0 Å². The Labute approximate surface area is 277 Å². The van der Waals surface area contributed by atoms with E-state index in [9.17, 15) is 0 Å². The topological polar surface area (TPSA) is 0 Å². The van der Waals surface area contributed by atoms with Crippen molar-refractivity contribution in [2.75, 3.05) is 0 Å². The summed E-state index contributed by atoms with van der Waals surface area (Å²) in [5.41, 5.74) is 7.97. The molecule has 0 spiro atoms. The van der Waals surface area contributed by atoms with Crippen LogP contribution < -0.4 is 0 Å². The highest BCUT2D eigenvalue weighted by Crippen LogP contribution is 2.46. The first-order chi connectivity index (χ1) is 20.9. The second kappa shape index (κ2) is 10.6. The average Bonchev–Trinajstić information content (AvgIpc) is 3.01. The predicted molar refractivity (Wildman–Crippen MR) is 200 cm³/mol. The van der Waals surface area contributed by atoms with E-state index in [1.165, 1.54) is 76.5 Å². The number of halogens is 2. The van der Waals surface area contributed by atoms with E-state index >= 15 is 0 Å². The molecule has 7 aromatic carbocycles. The molecule has 0 bridgehead atoms. The first-order valence-corrected chi connectivity index (χ1v) is 16.9. The van der Waals surface area contributed by atoms with Crippen LogP contribution in [0.4, 0.5) is 0 Å². The summed E-state index contributed by atoms with van der Waals surface area (Å²) in [5.74, 6) is 0. The maximum absolute atomic E-state index is 3.94. The molecule has 0 nitrogen and oxygen atoms in total. The lowest BCUT2D eigenvalue weighted by Gasteiger charge is -2.19. The van der Waals surface area contributed by atoms with Gasteiger partial charge in [0.25, 0.3) is 0 Å². The van der Waals surface area contributed by atoms with Gasteiger partial charge in [-0.3, -0.25) is 0 Å². The van der Waals surface area contributed by atoms with Gasteiger partial charge in [0.15, 0.2) is 0 Å². The van der Waals surface area contributed by atoms with Crippen molar-refractivity contribution in [2.45, 2.75) is 52.4 Å². The molecule has 218 valence electrons. The lowest BCUT2D eigenvalue weighted by Crippen LogP contribution is -2.10. The molecule has 0 radical (unpaired) electrons. The van der Waals surface area contributed by atoms with Crippen molar-refractivity contribution in [3.63, 3.8) is 0 Å². The highest BCUT2D eigenvalue weighted by atomic mass is 79.9. The lowest BCUT2D eigenvalue weighted by molar-refractivity contribution is 0.590. The van der Waals surface area contributed by atoms with E-state index in [0.29, 0.717) is 0 Å². The molecule has 0 unspecified atom stereocenters. The lowest BCUT2D eigenvalue weighted by atomic mass is 9.86. The van der Waals surface area contributed by atoms with E-state index in [0.717, 1.165) is 8.95 Å². The molecular weight excluding hydrogens is 664 g/mol. The molecule has 0 saturated heterocycles. The fourth-order valence-corrected chi connectivity index (χ4v) is 7.57. The molecule has 0 aliphatic carbocycles. The standard InChI is InChI=1S/C42H36Br2/c1-41(2,3)31-15-7-25(8-16-31)27-11-19-33-29(23-27)13-21-35-37(33)38-34-20-12-28(26-9-17-32(18-10-26)42(4,5)6)24-30(34)14-22-36(38)40(44)39(35)43/h7-24H,1-6H3. The third-order valence-corrected chi connectivity index (χ3v) is 11.3. The van der Waals surface area contributed by atoms with Crippen LogP contribution in [0.3, 0.4) is 0 Å². The van der Waals surface area contributed by atoms with Gasteiger partial charge in [0.1, 0.15) is 0 Å². The van der Waals surface area contributed by atoms with E-state index < -0.39 is 0 Å². The highest BCUT2D eigenvalue weighted by molar-refractivity contribution is 9.13. The summed E-state index contributed by atoms with van der Waals surface area (Å²) in [6, 6.07) is 41.0. The molecule has 0 atom stereocenters. The third-order valence-electron chi connectivity index (χ3n) is 9.12. The number of benzene rings is 7. The Morgan fingerprint density at radius 3 is 1.02 bits per heavy atom. The number of fused-ring (bicyclic) bond motifs is 7. The SMILES string of the molecule is CC(C)(C)c1ccc(-c2ccc3c(ccc4c(Br)c(Br)c5ccc6cc(-c7ccc(C(C)(C)C)cc7)ccc6c5c43)c2)cc1. The van der Waals surface area contributed by atoms with Crippen molar-refractivity contribution < 1.29 is 0 Å². The summed E-state index contributed by atoms with van der Waals surface area (Å²) >= 11 is 7.88. The largest absolute Gasteiger partial charge is 0.0579 e. The molecule has 0 N–H and O–H groups in total. The maximum atomic E-state index is 3.94. The molecule has 2 heteroatoms. The van der Waals surface area contributed by atoms with Crippen LogP contribution >= 0.6 is 31.9 Å². The van der Waals surface area contributed by atoms with E-state index in [1.54, 1.807) is 0 Å². The van der Waals surface area contributed by atoms with Gasteiger partial charge in [-0.1, -0.05) is 139 Å². The molecule has 0 amide bonds. The minimum absolute atomic E-state index is 0.143. The van der Waals surface area contributed by atoms with Gasteiger partial charge in [0.05, 0.1) is 0 Å². The number of hydrogen-bond acceptors (Lipinski definition) is 0. The zero-order valence-electron chi connectivity index (χ0n) is 26.1. The van der Waals surface area contributed by atoms with Gasteiger partial charge in [-0.05, 0) is 131 Å². The Balaban J connectivity index is 1.42. The summed E-state index contributed by atoms with van der Waals surface area (Å²) < 4.78 is 2.19. The Bertz CT molecular complexity index is 2060. The first-order valence-electron chi connectivity index (χ1n) is 15.3. The summed E-state index contributed by atoms with van der Waals surface area (Å²) in [4.78, 5) is 0. The van der Waals surface area contributed by atoms with Gasteiger partial charge in [0.2, 0.25) is 0 Å². The summed E-state index contributed by atoms with van der Waals surface area (Å²) in [7, 11) is 0. The smallest absolute Gasteiger partial charge is 0.0402 e. The van der Waals surface area contributed by atoms with Crippen molar-refractivity contribution >= 4 is 74.9 Å². The van der Waals surface area contributed by atoms with Gasteiger partial charge in [-0.25, -0.2) is 0 Å². The minimum Gasteiger partial charge on any atom is -0.0579 e. The van der Waals surface area contributed by atoms with E-state index in [2.05, 4.69) is 183 Å².